The van der Waals surface area contributed by atoms with Gasteiger partial charge in [0.2, 0.25) is 29.5 Å². The highest BCUT2D eigenvalue weighted by molar-refractivity contribution is 5.99. The fourth-order valence-electron chi connectivity index (χ4n) is 7.19. The Balaban J connectivity index is 2.22. The second kappa shape index (κ2) is 29.6. The van der Waals surface area contributed by atoms with Crippen molar-refractivity contribution in [3.8, 4) is 0 Å². The molecule has 65 heavy (non-hydrogen) atoms. The second-order valence-corrected chi connectivity index (χ2v) is 18.4. The van der Waals surface area contributed by atoms with E-state index in [1.807, 2.05) is 63.4 Å². The van der Waals surface area contributed by atoms with Gasteiger partial charge >= 0.3 is 0 Å². The molecule has 0 saturated heterocycles. The van der Waals surface area contributed by atoms with Crippen molar-refractivity contribution in [2.24, 2.45) is 11.7 Å². The third kappa shape index (κ3) is 21.3. The average Bonchev–Trinajstić information content (AvgIpc) is 3.27. The molecule has 364 valence electrons. The number of unbranched alkanes of at least 4 members (excludes halogenated alkanes) is 1. The van der Waals surface area contributed by atoms with Crippen LogP contribution < -0.4 is 37.6 Å². The second-order valence-electron chi connectivity index (χ2n) is 18.4. The van der Waals surface area contributed by atoms with Gasteiger partial charge in [-0.15, -0.1) is 0 Å². The Morgan fingerprint density at radius 1 is 0.662 bits per heavy atom. The maximum Gasteiger partial charge on any atom is 0.251 e. The summed E-state index contributed by atoms with van der Waals surface area (Å²) >= 11 is 0. The normalized spacial score (nSPS) is 13.9. The molecule has 16 heteroatoms. The van der Waals surface area contributed by atoms with Gasteiger partial charge in [0.05, 0.1) is 6.61 Å². The molecule has 16 nitrogen and oxygen atoms in total. The molecule has 5 atom stereocenters. The molecule has 0 saturated carbocycles. The Bertz CT molecular complexity index is 1750. The zero-order chi connectivity index (χ0) is 48.5. The van der Waals surface area contributed by atoms with Crippen LogP contribution in [0.1, 0.15) is 115 Å². The summed E-state index contributed by atoms with van der Waals surface area (Å²) in [5, 5.41) is 26.7. The fourth-order valence-corrected chi connectivity index (χ4v) is 7.19. The van der Waals surface area contributed by atoms with Crippen LogP contribution in [0.15, 0.2) is 54.6 Å². The van der Waals surface area contributed by atoms with E-state index in [1.54, 1.807) is 12.1 Å². The number of carbonyl (C=O) groups is 6. The van der Waals surface area contributed by atoms with Gasteiger partial charge in [-0.25, -0.2) is 0 Å². The zero-order valence-electron chi connectivity index (χ0n) is 40.6. The molecule has 0 aliphatic rings. The molecule has 0 aromatic heterocycles. The third-order valence-corrected chi connectivity index (χ3v) is 11.3. The Hall–Kier alpha value is -4.90. The highest BCUT2D eigenvalue weighted by atomic mass is 16.3. The van der Waals surface area contributed by atoms with Crippen LogP contribution in [0.5, 0.6) is 0 Å². The highest BCUT2D eigenvalue weighted by Crippen LogP contribution is 2.22. The lowest BCUT2D eigenvalue weighted by molar-refractivity contribution is -0.135. The molecule has 2 aromatic rings. The van der Waals surface area contributed by atoms with Gasteiger partial charge in [-0.2, -0.15) is 0 Å². The minimum Gasteiger partial charge on any atom is -0.394 e. The summed E-state index contributed by atoms with van der Waals surface area (Å²) in [5.41, 5.74) is 7.74. The van der Waals surface area contributed by atoms with Crippen molar-refractivity contribution >= 4 is 35.4 Å². The smallest absolute Gasteiger partial charge is 0.251 e. The molecule has 6 amide bonds. The number of aliphatic hydroxyl groups is 1. The van der Waals surface area contributed by atoms with Crippen LogP contribution in [-0.2, 0) is 35.8 Å². The molecule has 0 fully saturated rings. The van der Waals surface area contributed by atoms with Crippen LogP contribution >= 0.6 is 0 Å². The van der Waals surface area contributed by atoms with Crippen LogP contribution in [0.25, 0.3) is 0 Å². The monoisotopic (exact) mass is 908 g/mol. The number of nitrogens with zero attached hydrogens (tertiary/aromatic N) is 2. The van der Waals surface area contributed by atoms with E-state index in [2.05, 4.69) is 76.3 Å². The molecule has 2 aromatic carbocycles. The highest BCUT2D eigenvalue weighted by Gasteiger charge is 2.32. The molecular weight excluding hydrogens is 827 g/mol. The summed E-state index contributed by atoms with van der Waals surface area (Å²) in [5.74, 6) is -3.50. The van der Waals surface area contributed by atoms with Crippen LogP contribution in [0.3, 0.4) is 0 Å². The summed E-state index contributed by atoms with van der Waals surface area (Å²) in [6, 6.07) is 10.9. The number of nitrogens with one attached hydrogen (secondary N) is 6. The molecule has 0 bridgehead atoms. The molecule has 0 aliphatic heterocycles. The van der Waals surface area contributed by atoms with E-state index in [4.69, 9.17) is 5.73 Å². The molecule has 0 radical (unpaired) electrons. The summed E-state index contributed by atoms with van der Waals surface area (Å²) in [6.45, 7) is 20.1. The Morgan fingerprint density at radius 3 is 1.83 bits per heavy atom. The summed E-state index contributed by atoms with van der Waals surface area (Å²) in [7, 11) is 1.97. The molecule has 0 aliphatic carbocycles. The van der Waals surface area contributed by atoms with Gasteiger partial charge in [0.15, 0.2) is 0 Å². The first-order valence-corrected chi connectivity index (χ1v) is 23.5. The van der Waals surface area contributed by atoms with Gasteiger partial charge in [-0.05, 0) is 126 Å². The van der Waals surface area contributed by atoms with E-state index in [0.29, 0.717) is 31.5 Å². The first-order valence-electron chi connectivity index (χ1n) is 23.5. The first kappa shape index (κ1) is 56.2. The topological polar surface area (TPSA) is 227 Å². The first-order chi connectivity index (χ1) is 30.8. The Kier molecular flexibility index (Phi) is 25.6. The number of rotatable bonds is 30. The van der Waals surface area contributed by atoms with E-state index in [-0.39, 0.29) is 30.6 Å². The predicted octanol–water partition coefficient (Wildman–Crippen LogP) is 2.62. The van der Waals surface area contributed by atoms with Crippen LogP contribution in [0.2, 0.25) is 0 Å². The number of carbonyl (C=O) groups excluding carboxylic acids is 6. The number of nitrogens with two attached hydrogens (primary N) is 1. The number of hydrogen-bond acceptors (Lipinski definition) is 10. The van der Waals surface area contributed by atoms with Crippen LogP contribution in [0.4, 0.5) is 0 Å². The van der Waals surface area contributed by atoms with E-state index in [9.17, 15) is 33.9 Å². The van der Waals surface area contributed by atoms with Gasteiger partial charge in [-0.1, -0.05) is 90.9 Å². The van der Waals surface area contributed by atoms with E-state index in [0.717, 1.165) is 56.7 Å². The standard InChI is InChI=1S/C49H81N9O7/c1-10-58(11-2)30-16-15-21-39(46(63)56-42(33-59)45(62)51-27-18-29-57(9)28-17-26-50)53-48(65)40(31-34(3)4)54-43(60)35(5)52-47(64)41(32-36-19-13-12-14-20-36)55-44(61)37-22-24-38(25-23-37)49(6,7)8/h12-14,19-20,22-25,34-35,39-42,59H,10-11,15-18,21,26-33,50H2,1-9H3,(H,51,62)(H,52,64)(H,53,65)(H,54,60)(H,55,61)(H,56,63)/t35-,39-,40-,41-,42-/m0/s1. The van der Waals surface area contributed by atoms with Crippen molar-refractivity contribution in [1.82, 2.24) is 41.7 Å². The molecule has 2 rings (SSSR count). The minimum absolute atomic E-state index is 0.0527. The molecular formula is C49H81N9O7. The maximum atomic E-state index is 14.0. The summed E-state index contributed by atoms with van der Waals surface area (Å²) in [6.07, 6.45) is 3.49. The molecule has 0 unspecified atom stereocenters. The van der Waals surface area contributed by atoms with Crippen LogP contribution in [0, 0.1) is 5.92 Å². The third-order valence-electron chi connectivity index (χ3n) is 11.3. The van der Waals surface area contributed by atoms with E-state index < -0.39 is 72.3 Å². The average molecular weight is 908 g/mol. The van der Waals surface area contributed by atoms with Gasteiger partial charge < -0.3 is 52.5 Å². The van der Waals surface area contributed by atoms with Gasteiger partial charge in [0.25, 0.3) is 5.91 Å². The zero-order valence-corrected chi connectivity index (χ0v) is 40.6. The van der Waals surface area contributed by atoms with E-state index in [1.165, 1.54) is 6.92 Å². The van der Waals surface area contributed by atoms with Crippen molar-refractivity contribution in [1.29, 1.82) is 0 Å². The lowest BCUT2D eigenvalue weighted by atomic mass is 9.86. The predicted molar refractivity (Wildman–Crippen MR) is 257 cm³/mol. The Morgan fingerprint density at radius 2 is 1.25 bits per heavy atom. The lowest BCUT2D eigenvalue weighted by Crippen LogP contribution is -2.59. The van der Waals surface area contributed by atoms with Crippen molar-refractivity contribution in [2.75, 3.05) is 59.5 Å². The minimum atomic E-state index is -1.24. The largest absolute Gasteiger partial charge is 0.394 e. The number of hydrogen-bond donors (Lipinski definition) is 8. The Labute approximate surface area is 388 Å². The van der Waals surface area contributed by atoms with Crippen molar-refractivity contribution in [3.63, 3.8) is 0 Å². The van der Waals surface area contributed by atoms with Crippen molar-refractivity contribution < 1.29 is 33.9 Å². The number of amides is 6. The number of benzene rings is 2. The molecule has 0 spiro atoms. The van der Waals surface area contributed by atoms with Gasteiger partial charge in [0, 0.05) is 18.5 Å². The maximum absolute atomic E-state index is 14.0. The fraction of sp³-hybridized carbons (Fsp3) is 0.633. The van der Waals surface area contributed by atoms with Crippen LogP contribution in [-0.4, -0.2) is 140 Å². The van der Waals surface area contributed by atoms with Crippen molar-refractivity contribution in [2.45, 2.75) is 136 Å². The van der Waals surface area contributed by atoms with Gasteiger partial charge in [-0.3, -0.25) is 28.8 Å². The quantitative estimate of drug-likeness (QED) is 0.0535. The summed E-state index contributed by atoms with van der Waals surface area (Å²) in [4.78, 5) is 86.3. The molecule has 9 N–H and O–H groups in total. The summed E-state index contributed by atoms with van der Waals surface area (Å²) < 4.78 is 0. The molecule has 0 heterocycles. The van der Waals surface area contributed by atoms with Gasteiger partial charge in [0.1, 0.15) is 30.2 Å². The van der Waals surface area contributed by atoms with Crippen molar-refractivity contribution in [3.05, 3.63) is 71.3 Å². The lowest BCUT2D eigenvalue weighted by Gasteiger charge is -2.27. The SMILES string of the molecule is CCN(CC)CCCC[C@H](NC(=O)[C@H](CC(C)C)NC(=O)[C@H](C)NC(=O)[C@H](Cc1ccccc1)NC(=O)c1ccc(C(C)(C)C)cc1)C(=O)N[C@@H](CO)C(=O)NCCCN(C)CCCN. The van der Waals surface area contributed by atoms with E-state index >= 15 is 0 Å². The number of aliphatic hydroxyl groups excluding tert-OH is 1.